The maximum absolute atomic E-state index is 12.0. The van der Waals surface area contributed by atoms with Crippen molar-refractivity contribution in [1.29, 1.82) is 0 Å². The van der Waals surface area contributed by atoms with E-state index in [9.17, 15) is 9.59 Å². The lowest BCUT2D eigenvalue weighted by Gasteiger charge is -2.10. The number of hydrogen-bond acceptors (Lipinski definition) is 2. The van der Waals surface area contributed by atoms with Gasteiger partial charge in [-0.3, -0.25) is 9.59 Å². The number of benzene rings is 2. The van der Waals surface area contributed by atoms with Gasteiger partial charge in [-0.1, -0.05) is 47.0 Å². The summed E-state index contributed by atoms with van der Waals surface area (Å²) in [5.74, 6) is -0.857. The third-order valence-electron chi connectivity index (χ3n) is 3.20. The number of carbonyl (C=O) groups is 2. The van der Waals surface area contributed by atoms with Crippen molar-refractivity contribution < 1.29 is 9.59 Å². The number of halogens is 2. The maximum Gasteiger partial charge on any atom is 0.233 e. The Bertz CT molecular complexity index is 760. The van der Waals surface area contributed by atoms with Crippen molar-refractivity contribution in [2.75, 3.05) is 10.6 Å². The lowest BCUT2D eigenvalue weighted by Crippen LogP contribution is -2.22. The first-order valence-corrected chi connectivity index (χ1v) is 7.73. The second-order valence-corrected chi connectivity index (χ2v) is 5.98. The van der Waals surface area contributed by atoms with Crippen LogP contribution in [0.2, 0.25) is 10.0 Å². The summed E-state index contributed by atoms with van der Waals surface area (Å²) in [6.07, 6.45) is -0.309. The summed E-state index contributed by atoms with van der Waals surface area (Å²) in [7, 11) is 0. The quantitative estimate of drug-likeness (QED) is 0.793. The molecule has 0 bridgehead atoms. The van der Waals surface area contributed by atoms with Crippen LogP contribution in [0.15, 0.2) is 36.4 Å². The van der Waals surface area contributed by atoms with E-state index in [1.165, 1.54) is 0 Å². The molecule has 2 rings (SSSR count). The first kappa shape index (κ1) is 17.3. The van der Waals surface area contributed by atoms with Crippen molar-refractivity contribution >= 4 is 46.4 Å². The molecule has 0 aliphatic heterocycles. The fourth-order valence-electron chi connectivity index (χ4n) is 2.09. The predicted molar refractivity (Wildman–Crippen MR) is 94.3 cm³/mol. The summed E-state index contributed by atoms with van der Waals surface area (Å²) in [6.45, 7) is 3.87. The summed E-state index contributed by atoms with van der Waals surface area (Å²) >= 11 is 11.9. The van der Waals surface area contributed by atoms with Gasteiger partial charge < -0.3 is 10.6 Å². The van der Waals surface area contributed by atoms with E-state index in [2.05, 4.69) is 10.6 Å². The van der Waals surface area contributed by atoms with E-state index in [4.69, 9.17) is 23.2 Å². The molecule has 120 valence electrons. The Labute approximate surface area is 144 Å². The number of rotatable bonds is 4. The molecule has 2 aromatic carbocycles. The van der Waals surface area contributed by atoms with E-state index in [0.717, 1.165) is 11.1 Å². The fourth-order valence-corrected chi connectivity index (χ4v) is 2.44. The minimum absolute atomic E-state index is 0.248. The largest absolute Gasteiger partial charge is 0.325 e. The molecule has 2 amide bonds. The SMILES string of the molecule is Cc1ccc(NC(=O)CC(=O)Nc2cccc(Cl)c2Cl)c(C)c1. The molecule has 0 fully saturated rings. The van der Waals surface area contributed by atoms with Crippen LogP contribution >= 0.6 is 23.2 Å². The predicted octanol–water partition coefficient (Wildman–Crippen LogP) is 4.58. The zero-order chi connectivity index (χ0) is 17.0. The van der Waals surface area contributed by atoms with Crippen molar-refractivity contribution in [3.05, 3.63) is 57.6 Å². The molecule has 23 heavy (non-hydrogen) atoms. The zero-order valence-electron chi connectivity index (χ0n) is 12.7. The van der Waals surface area contributed by atoms with Crippen molar-refractivity contribution in [3.63, 3.8) is 0 Å². The smallest absolute Gasteiger partial charge is 0.233 e. The van der Waals surface area contributed by atoms with E-state index in [0.29, 0.717) is 16.4 Å². The normalized spacial score (nSPS) is 10.3. The summed E-state index contributed by atoms with van der Waals surface area (Å²) in [6, 6.07) is 10.6. The van der Waals surface area contributed by atoms with Gasteiger partial charge in [-0.05, 0) is 37.6 Å². The lowest BCUT2D eigenvalue weighted by molar-refractivity contribution is -0.123. The Balaban J connectivity index is 1.97. The highest BCUT2D eigenvalue weighted by molar-refractivity contribution is 6.44. The number of anilines is 2. The number of hydrogen-bond donors (Lipinski definition) is 2. The fraction of sp³-hybridized carbons (Fsp3) is 0.176. The standard InChI is InChI=1S/C17H16Cl2N2O2/c1-10-6-7-13(11(2)8-10)20-15(22)9-16(23)21-14-5-3-4-12(18)17(14)19/h3-8H,9H2,1-2H3,(H,20,22)(H,21,23). The molecule has 0 saturated carbocycles. The van der Waals surface area contributed by atoms with Gasteiger partial charge >= 0.3 is 0 Å². The Morgan fingerprint density at radius 2 is 1.61 bits per heavy atom. The van der Waals surface area contributed by atoms with Crippen LogP contribution in [0.5, 0.6) is 0 Å². The maximum atomic E-state index is 12.0. The van der Waals surface area contributed by atoms with Crippen LogP contribution in [-0.4, -0.2) is 11.8 Å². The molecule has 2 N–H and O–H groups in total. The second kappa shape index (κ2) is 7.49. The van der Waals surface area contributed by atoms with E-state index in [-0.39, 0.29) is 11.4 Å². The molecule has 0 aliphatic carbocycles. The number of amides is 2. The van der Waals surface area contributed by atoms with Gasteiger partial charge in [0.2, 0.25) is 11.8 Å². The lowest BCUT2D eigenvalue weighted by atomic mass is 10.1. The van der Waals surface area contributed by atoms with Crippen molar-refractivity contribution in [2.24, 2.45) is 0 Å². The third kappa shape index (κ3) is 4.71. The van der Waals surface area contributed by atoms with Crippen LogP contribution in [0.1, 0.15) is 17.5 Å². The molecule has 2 aromatic rings. The first-order valence-electron chi connectivity index (χ1n) is 6.98. The molecule has 0 unspecified atom stereocenters. The Kier molecular flexibility index (Phi) is 5.64. The third-order valence-corrected chi connectivity index (χ3v) is 4.02. The van der Waals surface area contributed by atoms with E-state index < -0.39 is 11.8 Å². The molecule has 0 heterocycles. The molecule has 4 nitrogen and oxygen atoms in total. The highest BCUT2D eigenvalue weighted by atomic mass is 35.5. The highest BCUT2D eigenvalue weighted by Crippen LogP contribution is 2.29. The monoisotopic (exact) mass is 350 g/mol. The summed E-state index contributed by atoms with van der Waals surface area (Å²) < 4.78 is 0. The van der Waals surface area contributed by atoms with Crippen molar-refractivity contribution in [2.45, 2.75) is 20.3 Å². The van der Waals surface area contributed by atoms with Crippen LogP contribution in [-0.2, 0) is 9.59 Å². The molecule has 0 spiro atoms. The Morgan fingerprint density at radius 3 is 2.26 bits per heavy atom. The van der Waals surface area contributed by atoms with Crippen molar-refractivity contribution in [3.8, 4) is 0 Å². The second-order valence-electron chi connectivity index (χ2n) is 5.19. The van der Waals surface area contributed by atoms with Crippen LogP contribution in [0.25, 0.3) is 0 Å². The molecule has 0 radical (unpaired) electrons. The number of carbonyl (C=O) groups excluding carboxylic acids is 2. The van der Waals surface area contributed by atoms with E-state index in [1.807, 2.05) is 32.0 Å². The molecule has 0 atom stereocenters. The summed E-state index contributed by atoms with van der Waals surface area (Å²) in [4.78, 5) is 23.9. The van der Waals surface area contributed by atoms with Crippen molar-refractivity contribution in [1.82, 2.24) is 0 Å². The summed E-state index contributed by atoms with van der Waals surface area (Å²) in [5, 5.41) is 5.88. The number of aryl methyl sites for hydroxylation is 2. The molecule has 0 saturated heterocycles. The molecule has 0 aliphatic rings. The molecular formula is C17H16Cl2N2O2. The van der Waals surface area contributed by atoms with Gasteiger partial charge in [0.05, 0.1) is 15.7 Å². The van der Waals surface area contributed by atoms with Crippen LogP contribution in [0.3, 0.4) is 0 Å². The minimum atomic E-state index is -0.462. The zero-order valence-corrected chi connectivity index (χ0v) is 14.3. The molecule has 6 heteroatoms. The highest BCUT2D eigenvalue weighted by Gasteiger charge is 2.13. The van der Waals surface area contributed by atoms with Gasteiger partial charge in [-0.15, -0.1) is 0 Å². The van der Waals surface area contributed by atoms with Gasteiger partial charge in [-0.2, -0.15) is 0 Å². The first-order chi connectivity index (χ1) is 10.9. The van der Waals surface area contributed by atoms with E-state index >= 15 is 0 Å². The molecule has 0 aromatic heterocycles. The van der Waals surface area contributed by atoms with E-state index in [1.54, 1.807) is 18.2 Å². The van der Waals surface area contributed by atoms with Crippen LogP contribution in [0, 0.1) is 13.8 Å². The van der Waals surface area contributed by atoms with Gasteiger partial charge in [0, 0.05) is 5.69 Å². The van der Waals surface area contributed by atoms with Gasteiger partial charge in [-0.25, -0.2) is 0 Å². The minimum Gasteiger partial charge on any atom is -0.325 e. The number of nitrogens with one attached hydrogen (secondary N) is 2. The Hall–Kier alpha value is -2.04. The topological polar surface area (TPSA) is 58.2 Å². The Morgan fingerprint density at radius 1 is 0.957 bits per heavy atom. The van der Waals surface area contributed by atoms with Crippen LogP contribution in [0.4, 0.5) is 11.4 Å². The van der Waals surface area contributed by atoms with Gasteiger partial charge in [0.15, 0.2) is 0 Å². The average Bonchev–Trinajstić information content (AvgIpc) is 2.47. The summed E-state index contributed by atoms with van der Waals surface area (Å²) in [5.41, 5.74) is 3.11. The van der Waals surface area contributed by atoms with Crippen LogP contribution < -0.4 is 10.6 Å². The average molecular weight is 351 g/mol. The van der Waals surface area contributed by atoms with Gasteiger partial charge in [0.25, 0.3) is 0 Å². The molecular weight excluding hydrogens is 335 g/mol. The van der Waals surface area contributed by atoms with Gasteiger partial charge in [0.1, 0.15) is 6.42 Å².